The fourth-order valence-electron chi connectivity index (χ4n) is 2.63. The lowest BCUT2D eigenvalue weighted by Gasteiger charge is -2.35. The molecule has 0 saturated carbocycles. The van der Waals surface area contributed by atoms with Crippen LogP contribution in [0.25, 0.3) is 0 Å². The first-order valence-corrected chi connectivity index (χ1v) is 7.98. The Morgan fingerprint density at radius 3 is 2.96 bits per heavy atom. The third kappa shape index (κ3) is 3.55. The van der Waals surface area contributed by atoms with Gasteiger partial charge in [0.2, 0.25) is 5.91 Å². The maximum absolute atomic E-state index is 12.5. The smallest absolute Gasteiger partial charge is 0.246 e. The van der Waals surface area contributed by atoms with Crippen molar-refractivity contribution in [2.24, 2.45) is 12.0 Å². The molecule has 1 amide bonds. The number of hydrogen-bond donors (Lipinski definition) is 2. The van der Waals surface area contributed by atoms with Gasteiger partial charge in [-0.15, -0.1) is 0 Å². The molecule has 0 aromatic carbocycles. The van der Waals surface area contributed by atoms with E-state index >= 15 is 0 Å². The maximum atomic E-state index is 12.5. The Morgan fingerprint density at radius 1 is 1.46 bits per heavy atom. The van der Waals surface area contributed by atoms with Gasteiger partial charge in [-0.3, -0.25) is 14.6 Å². The number of aliphatic imine (C=N–C) groups is 1. The molecule has 128 valence electrons. The number of H-pyrrole nitrogens is 1. The summed E-state index contributed by atoms with van der Waals surface area (Å²) in [5.41, 5.74) is 1.77. The summed E-state index contributed by atoms with van der Waals surface area (Å²) in [7, 11) is 1.84. The standard InChI is InChI=1S/C15H22N8O/c1-3-16-15(17-8-12-4-5-18-20-12)22-6-7-23(14(24)11-22)13-9-19-21(2)10-13/h4-5,9-10H,3,6-8,11H2,1-2H3,(H,16,17)(H,18,20). The zero-order valence-electron chi connectivity index (χ0n) is 13.9. The number of nitrogens with one attached hydrogen (secondary N) is 2. The van der Waals surface area contributed by atoms with E-state index in [1.807, 2.05) is 31.1 Å². The van der Waals surface area contributed by atoms with Crippen LogP contribution in [0.1, 0.15) is 12.6 Å². The lowest BCUT2D eigenvalue weighted by Crippen LogP contribution is -2.55. The van der Waals surface area contributed by atoms with Gasteiger partial charge in [0.05, 0.1) is 24.1 Å². The van der Waals surface area contributed by atoms with Gasteiger partial charge in [-0.25, -0.2) is 4.99 Å². The molecule has 3 rings (SSSR count). The predicted molar refractivity (Wildman–Crippen MR) is 90.5 cm³/mol. The fraction of sp³-hybridized carbons (Fsp3) is 0.467. The van der Waals surface area contributed by atoms with E-state index < -0.39 is 0 Å². The molecule has 2 aromatic heterocycles. The number of aryl methyl sites for hydroxylation is 1. The molecule has 0 unspecified atom stereocenters. The number of carbonyl (C=O) groups is 1. The molecule has 0 aliphatic carbocycles. The van der Waals surface area contributed by atoms with Crippen molar-refractivity contribution in [2.45, 2.75) is 13.5 Å². The molecule has 24 heavy (non-hydrogen) atoms. The summed E-state index contributed by atoms with van der Waals surface area (Å²) in [6, 6.07) is 1.89. The summed E-state index contributed by atoms with van der Waals surface area (Å²) < 4.78 is 1.70. The predicted octanol–water partition coefficient (Wildman–Crippen LogP) is -0.0425. The van der Waals surface area contributed by atoms with Crippen molar-refractivity contribution >= 4 is 17.6 Å². The molecule has 0 atom stereocenters. The highest BCUT2D eigenvalue weighted by molar-refractivity contribution is 5.98. The molecule has 1 aliphatic heterocycles. The van der Waals surface area contributed by atoms with Crippen LogP contribution in [0.3, 0.4) is 0 Å². The van der Waals surface area contributed by atoms with Gasteiger partial charge in [-0.05, 0) is 13.0 Å². The minimum absolute atomic E-state index is 0.0430. The van der Waals surface area contributed by atoms with Gasteiger partial charge in [0.1, 0.15) is 6.54 Å². The van der Waals surface area contributed by atoms with E-state index in [1.165, 1.54) is 0 Å². The Balaban J connectivity index is 1.67. The van der Waals surface area contributed by atoms with Crippen LogP contribution in [-0.4, -0.2) is 62.9 Å². The van der Waals surface area contributed by atoms with Crippen molar-refractivity contribution in [1.29, 1.82) is 0 Å². The molecule has 1 fully saturated rings. The van der Waals surface area contributed by atoms with Crippen molar-refractivity contribution in [2.75, 3.05) is 31.1 Å². The number of amides is 1. The largest absolute Gasteiger partial charge is 0.356 e. The number of rotatable bonds is 4. The second-order valence-electron chi connectivity index (χ2n) is 5.59. The summed E-state index contributed by atoms with van der Waals surface area (Å²) in [4.78, 5) is 20.8. The van der Waals surface area contributed by atoms with Crippen LogP contribution < -0.4 is 10.2 Å². The average Bonchev–Trinajstić information content (AvgIpc) is 3.23. The number of guanidine groups is 1. The molecular formula is C15H22N8O. The molecule has 0 bridgehead atoms. The van der Waals surface area contributed by atoms with E-state index in [1.54, 1.807) is 22.0 Å². The number of hydrogen-bond acceptors (Lipinski definition) is 4. The molecule has 3 heterocycles. The van der Waals surface area contributed by atoms with Gasteiger partial charge in [0, 0.05) is 39.1 Å². The summed E-state index contributed by atoms with van der Waals surface area (Å²) in [5.74, 6) is 0.785. The van der Waals surface area contributed by atoms with Gasteiger partial charge in [0.25, 0.3) is 0 Å². The molecule has 0 radical (unpaired) electrons. The second kappa shape index (κ2) is 7.16. The minimum atomic E-state index is 0.0430. The third-order valence-corrected chi connectivity index (χ3v) is 3.82. The first-order chi connectivity index (χ1) is 11.7. The number of piperazine rings is 1. The van der Waals surface area contributed by atoms with E-state index in [0.717, 1.165) is 30.4 Å². The van der Waals surface area contributed by atoms with Gasteiger partial charge in [-0.2, -0.15) is 10.2 Å². The van der Waals surface area contributed by atoms with Crippen molar-refractivity contribution < 1.29 is 4.79 Å². The molecule has 0 spiro atoms. The lowest BCUT2D eigenvalue weighted by atomic mass is 10.3. The fourth-order valence-corrected chi connectivity index (χ4v) is 2.63. The van der Waals surface area contributed by atoms with E-state index in [2.05, 4.69) is 25.6 Å². The van der Waals surface area contributed by atoms with Crippen LogP contribution in [0, 0.1) is 0 Å². The molecular weight excluding hydrogens is 308 g/mol. The molecule has 9 nitrogen and oxygen atoms in total. The van der Waals surface area contributed by atoms with E-state index in [0.29, 0.717) is 19.6 Å². The lowest BCUT2D eigenvalue weighted by molar-refractivity contribution is -0.120. The van der Waals surface area contributed by atoms with E-state index in [9.17, 15) is 4.79 Å². The van der Waals surface area contributed by atoms with Crippen LogP contribution >= 0.6 is 0 Å². The normalized spacial score (nSPS) is 15.9. The van der Waals surface area contributed by atoms with Crippen LogP contribution in [0.15, 0.2) is 29.6 Å². The van der Waals surface area contributed by atoms with Crippen LogP contribution in [-0.2, 0) is 18.4 Å². The highest BCUT2D eigenvalue weighted by atomic mass is 16.2. The number of nitrogens with zero attached hydrogens (tertiary/aromatic N) is 6. The quantitative estimate of drug-likeness (QED) is 0.606. The zero-order chi connectivity index (χ0) is 16.9. The Hall–Kier alpha value is -2.84. The van der Waals surface area contributed by atoms with E-state index in [-0.39, 0.29) is 5.91 Å². The number of carbonyl (C=O) groups excluding carboxylic acids is 1. The number of aromatic amines is 1. The number of anilines is 1. The monoisotopic (exact) mass is 330 g/mol. The summed E-state index contributed by atoms with van der Waals surface area (Å²) >= 11 is 0. The molecule has 1 saturated heterocycles. The van der Waals surface area contributed by atoms with E-state index in [4.69, 9.17) is 0 Å². The number of aromatic nitrogens is 4. The maximum Gasteiger partial charge on any atom is 0.246 e. The molecule has 9 heteroatoms. The average molecular weight is 330 g/mol. The van der Waals surface area contributed by atoms with Crippen molar-refractivity contribution in [3.05, 3.63) is 30.4 Å². The first kappa shape index (κ1) is 16.0. The van der Waals surface area contributed by atoms with Crippen LogP contribution in [0.5, 0.6) is 0 Å². The molecule has 1 aliphatic rings. The zero-order valence-corrected chi connectivity index (χ0v) is 13.9. The van der Waals surface area contributed by atoms with Gasteiger partial charge < -0.3 is 15.1 Å². The Bertz CT molecular complexity index is 705. The highest BCUT2D eigenvalue weighted by Gasteiger charge is 2.27. The molecule has 2 aromatic rings. The first-order valence-electron chi connectivity index (χ1n) is 7.98. The van der Waals surface area contributed by atoms with Gasteiger partial charge in [0.15, 0.2) is 5.96 Å². The van der Waals surface area contributed by atoms with Crippen molar-refractivity contribution in [3.8, 4) is 0 Å². The second-order valence-corrected chi connectivity index (χ2v) is 5.59. The molecule has 2 N–H and O–H groups in total. The van der Waals surface area contributed by atoms with Crippen molar-refractivity contribution in [3.63, 3.8) is 0 Å². The van der Waals surface area contributed by atoms with Crippen LogP contribution in [0.4, 0.5) is 5.69 Å². The van der Waals surface area contributed by atoms with Gasteiger partial charge in [-0.1, -0.05) is 0 Å². The summed E-state index contributed by atoms with van der Waals surface area (Å²) in [5, 5.41) is 14.2. The Kier molecular flexibility index (Phi) is 4.78. The highest BCUT2D eigenvalue weighted by Crippen LogP contribution is 2.16. The SMILES string of the molecule is CCNC(=NCc1ccn[nH]1)N1CCN(c2cnn(C)c2)C(=O)C1. The minimum Gasteiger partial charge on any atom is -0.356 e. The van der Waals surface area contributed by atoms with Crippen LogP contribution in [0.2, 0.25) is 0 Å². The Morgan fingerprint density at radius 2 is 2.33 bits per heavy atom. The summed E-state index contributed by atoms with van der Waals surface area (Å²) in [6.07, 6.45) is 5.27. The van der Waals surface area contributed by atoms with Gasteiger partial charge >= 0.3 is 0 Å². The summed E-state index contributed by atoms with van der Waals surface area (Å²) in [6.45, 7) is 4.88. The third-order valence-electron chi connectivity index (χ3n) is 3.82. The topological polar surface area (TPSA) is 94.4 Å². The van der Waals surface area contributed by atoms with Crippen molar-refractivity contribution in [1.82, 2.24) is 30.2 Å². The Labute approximate surface area is 140 Å².